The average molecular weight is 498 g/mol. The van der Waals surface area contributed by atoms with Crippen molar-refractivity contribution in [1.82, 2.24) is 9.88 Å². The van der Waals surface area contributed by atoms with Gasteiger partial charge in [0.1, 0.15) is 5.57 Å². The standard InChI is InChI=1S/C25H21Cl2N3O2S/c1-13-5-6-14(2)22(9-13)30-24(32)19(23(31)28-25(30)33)11-17-10-15(3)29(16(17)4)21-8-7-18(26)12-20(21)27/h5-12H,1-4H3,(H,28,31,33)/b19-11+. The molecule has 0 spiro atoms. The number of halogens is 2. The molecule has 0 unspecified atom stereocenters. The normalized spacial score (nSPS) is 15.4. The van der Waals surface area contributed by atoms with Gasteiger partial charge in [-0.25, -0.2) is 0 Å². The topological polar surface area (TPSA) is 54.3 Å². The molecule has 168 valence electrons. The molecule has 2 amide bonds. The minimum absolute atomic E-state index is 0.00644. The first-order valence-corrected chi connectivity index (χ1v) is 11.4. The quantitative estimate of drug-likeness (QED) is 0.280. The molecule has 33 heavy (non-hydrogen) atoms. The van der Waals surface area contributed by atoms with Gasteiger partial charge in [-0.15, -0.1) is 0 Å². The summed E-state index contributed by atoms with van der Waals surface area (Å²) in [5.74, 6) is -0.993. The van der Waals surface area contributed by atoms with E-state index in [2.05, 4.69) is 5.32 Å². The predicted molar refractivity (Wildman–Crippen MR) is 137 cm³/mol. The van der Waals surface area contributed by atoms with Crippen molar-refractivity contribution >= 4 is 64.1 Å². The number of nitrogens with zero attached hydrogens (tertiary/aromatic N) is 2. The van der Waals surface area contributed by atoms with Crippen molar-refractivity contribution < 1.29 is 9.59 Å². The average Bonchev–Trinajstić information content (AvgIpc) is 3.01. The molecule has 1 N–H and O–H groups in total. The Balaban J connectivity index is 1.80. The summed E-state index contributed by atoms with van der Waals surface area (Å²) in [5, 5.41) is 3.76. The fourth-order valence-corrected chi connectivity index (χ4v) is 4.73. The summed E-state index contributed by atoms with van der Waals surface area (Å²) in [6.07, 6.45) is 1.60. The van der Waals surface area contributed by atoms with Crippen molar-refractivity contribution in [3.05, 3.63) is 86.2 Å². The number of aryl methyl sites for hydroxylation is 3. The smallest absolute Gasteiger partial charge is 0.270 e. The zero-order valence-corrected chi connectivity index (χ0v) is 20.8. The van der Waals surface area contributed by atoms with Gasteiger partial charge in [0.2, 0.25) is 0 Å². The van der Waals surface area contributed by atoms with E-state index in [1.807, 2.05) is 62.6 Å². The molecule has 0 aliphatic carbocycles. The molecule has 1 saturated heterocycles. The molecule has 0 radical (unpaired) electrons. The molecule has 5 nitrogen and oxygen atoms in total. The van der Waals surface area contributed by atoms with Crippen LogP contribution in [0.5, 0.6) is 0 Å². The number of carbonyl (C=O) groups is 2. The van der Waals surface area contributed by atoms with E-state index in [9.17, 15) is 9.59 Å². The van der Waals surface area contributed by atoms with E-state index in [4.69, 9.17) is 35.4 Å². The summed E-state index contributed by atoms with van der Waals surface area (Å²) < 4.78 is 1.96. The Morgan fingerprint density at radius 1 is 0.939 bits per heavy atom. The van der Waals surface area contributed by atoms with Crippen molar-refractivity contribution in [3.63, 3.8) is 0 Å². The maximum absolute atomic E-state index is 13.4. The number of nitrogens with one attached hydrogen (secondary N) is 1. The van der Waals surface area contributed by atoms with E-state index in [0.29, 0.717) is 15.7 Å². The molecule has 1 fully saturated rings. The van der Waals surface area contributed by atoms with Gasteiger partial charge in [0, 0.05) is 16.4 Å². The van der Waals surface area contributed by atoms with E-state index in [1.54, 1.807) is 18.2 Å². The van der Waals surface area contributed by atoms with Crippen molar-refractivity contribution in [2.24, 2.45) is 0 Å². The van der Waals surface area contributed by atoms with Crippen LogP contribution in [0.4, 0.5) is 5.69 Å². The van der Waals surface area contributed by atoms with Crippen LogP contribution in [0.1, 0.15) is 28.1 Å². The van der Waals surface area contributed by atoms with E-state index in [1.165, 1.54) is 4.90 Å². The van der Waals surface area contributed by atoms with Crippen LogP contribution >= 0.6 is 35.4 Å². The minimum atomic E-state index is -0.527. The SMILES string of the molecule is Cc1ccc(C)c(N2C(=O)/C(=C/c3cc(C)n(-c4ccc(Cl)cc4Cl)c3C)C(=O)NC2=S)c1. The van der Waals surface area contributed by atoms with Crippen LogP contribution in [0.2, 0.25) is 10.0 Å². The molecule has 1 aliphatic heterocycles. The number of rotatable bonds is 3. The van der Waals surface area contributed by atoms with Crippen LogP contribution in [-0.2, 0) is 9.59 Å². The van der Waals surface area contributed by atoms with Crippen molar-refractivity contribution in [2.45, 2.75) is 27.7 Å². The van der Waals surface area contributed by atoms with Crippen molar-refractivity contribution in [1.29, 1.82) is 0 Å². The lowest BCUT2D eigenvalue weighted by Crippen LogP contribution is -2.54. The van der Waals surface area contributed by atoms with Crippen LogP contribution in [0.3, 0.4) is 0 Å². The summed E-state index contributed by atoms with van der Waals surface area (Å²) in [6, 6.07) is 12.9. The monoisotopic (exact) mass is 497 g/mol. The van der Waals surface area contributed by atoms with Crippen LogP contribution < -0.4 is 10.2 Å². The molecular weight excluding hydrogens is 477 g/mol. The number of thiocarbonyl (C=S) groups is 1. The Bertz CT molecular complexity index is 1370. The summed E-state index contributed by atoms with van der Waals surface area (Å²) in [7, 11) is 0. The largest absolute Gasteiger partial charge is 0.316 e. The van der Waals surface area contributed by atoms with Gasteiger partial charge in [-0.2, -0.15) is 0 Å². The molecule has 2 heterocycles. The Morgan fingerprint density at radius 2 is 1.67 bits per heavy atom. The first-order valence-electron chi connectivity index (χ1n) is 10.2. The Hall–Kier alpha value is -2.93. The first kappa shape index (κ1) is 23.2. The van der Waals surface area contributed by atoms with Crippen LogP contribution in [0.25, 0.3) is 11.8 Å². The Kier molecular flexibility index (Phi) is 6.18. The van der Waals surface area contributed by atoms with Gasteiger partial charge < -0.3 is 4.57 Å². The van der Waals surface area contributed by atoms with Gasteiger partial charge >= 0.3 is 0 Å². The second-order valence-electron chi connectivity index (χ2n) is 8.01. The molecule has 2 aromatic carbocycles. The molecule has 4 rings (SSSR count). The van der Waals surface area contributed by atoms with Gasteiger partial charge in [-0.3, -0.25) is 19.8 Å². The highest BCUT2D eigenvalue weighted by Gasteiger charge is 2.35. The Labute approximate surface area is 207 Å². The van der Waals surface area contributed by atoms with Crippen LogP contribution in [0.15, 0.2) is 48.0 Å². The zero-order valence-electron chi connectivity index (χ0n) is 18.5. The third kappa shape index (κ3) is 4.22. The van der Waals surface area contributed by atoms with Crippen LogP contribution in [-0.4, -0.2) is 21.5 Å². The summed E-state index contributed by atoms with van der Waals surface area (Å²) >= 11 is 17.8. The van der Waals surface area contributed by atoms with Crippen LogP contribution in [0, 0.1) is 27.7 Å². The molecular formula is C25H21Cl2N3O2S. The molecule has 1 aliphatic rings. The van der Waals surface area contributed by atoms with Crippen molar-refractivity contribution in [2.75, 3.05) is 4.90 Å². The molecule has 3 aromatic rings. The summed E-state index contributed by atoms with van der Waals surface area (Å²) in [5.41, 5.74) is 5.73. The Morgan fingerprint density at radius 3 is 2.36 bits per heavy atom. The highest BCUT2D eigenvalue weighted by Crippen LogP contribution is 2.31. The third-order valence-corrected chi connectivity index (χ3v) is 6.45. The molecule has 8 heteroatoms. The summed E-state index contributed by atoms with van der Waals surface area (Å²) in [6.45, 7) is 7.67. The van der Waals surface area contributed by atoms with E-state index >= 15 is 0 Å². The fraction of sp³-hybridized carbons (Fsp3) is 0.160. The zero-order chi connectivity index (χ0) is 24.0. The van der Waals surface area contributed by atoms with Gasteiger partial charge in [0.25, 0.3) is 11.8 Å². The van der Waals surface area contributed by atoms with E-state index in [0.717, 1.165) is 33.8 Å². The lowest BCUT2D eigenvalue weighted by molar-refractivity contribution is -0.122. The number of hydrogen-bond acceptors (Lipinski definition) is 3. The minimum Gasteiger partial charge on any atom is -0.316 e. The fourth-order valence-electron chi connectivity index (χ4n) is 3.96. The third-order valence-electron chi connectivity index (χ3n) is 5.63. The number of aromatic nitrogens is 1. The molecule has 0 atom stereocenters. The number of carbonyl (C=O) groups excluding carboxylic acids is 2. The van der Waals surface area contributed by atoms with Gasteiger partial charge in [-0.05, 0) is 93.0 Å². The lowest BCUT2D eigenvalue weighted by atomic mass is 10.0. The number of anilines is 1. The lowest BCUT2D eigenvalue weighted by Gasteiger charge is -2.30. The maximum atomic E-state index is 13.4. The van der Waals surface area contributed by atoms with Crippen molar-refractivity contribution in [3.8, 4) is 5.69 Å². The highest BCUT2D eigenvalue weighted by molar-refractivity contribution is 7.80. The highest BCUT2D eigenvalue weighted by atomic mass is 35.5. The number of benzene rings is 2. The number of amides is 2. The predicted octanol–water partition coefficient (Wildman–Crippen LogP) is 5.85. The number of hydrogen-bond donors (Lipinski definition) is 1. The summed E-state index contributed by atoms with van der Waals surface area (Å²) in [4.78, 5) is 27.6. The first-order chi connectivity index (χ1) is 15.6. The van der Waals surface area contributed by atoms with Gasteiger partial charge in [0.15, 0.2) is 5.11 Å². The van der Waals surface area contributed by atoms with Gasteiger partial charge in [0.05, 0.1) is 16.4 Å². The molecule has 0 saturated carbocycles. The molecule has 1 aromatic heterocycles. The van der Waals surface area contributed by atoms with E-state index < -0.39 is 11.8 Å². The second kappa shape index (κ2) is 8.78. The second-order valence-corrected chi connectivity index (χ2v) is 9.24. The van der Waals surface area contributed by atoms with E-state index in [-0.39, 0.29) is 10.7 Å². The maximum Gasteiger partial charge on any atom is 0.270 e. The van der Waals surface area contributed by atoms with Gasteiger partial charge in [-0.1, -0.05) is 35.3 Å². The molecule has 0 bridgehead atoms.